The standard InChI is InChI=1S/C13H18N2O/c16-14-13-8-4-5-10-15(13)11-9-12-6-2-1-3-7-12/h1-3,6-7,16H,4-5,8-11H2. The highest BCUT2D eigenvalue weighted by atomic mass is 16.4. The lowest BCUT2D eigenvalue weighted by molar-refractivity contribution is 0.286. The van der Waals surface area contributed by atoms with Crippen LogP contribution in [0.1, 0.15) is 24.8 Å². The highest BCUT2D eigenvalue weighted by molar-refractivity contribution is 5.82. The van der Waals surface area contributed by atoms with E-state index in [1.807, 2.05) is 6.07 Å². The van der Waals surface area contributed by atoms with Crippen molar-refractivity contribution in [3.63, 3.8) is 0 Å². The first-order valence-corrected chi connectivity index (χ1v) is 5.90. The third kappa shape index (κ3) is 2.75. The molecule has 3 heteroatoms. The molecule has 1 N–H and O–H groups in total. The van der Waals surface area contributed by atoms with Crippen LogP contribution in [0.4, 0.5) is 0 Å². The van der Waals surface area contributed by atoms with E-state index in [-0.39, 0.29) is 0 Å². The molecule has 0 radical (unpaired) electrons. The Labute approximate surface area is 96.4 Å². The van der Waals surface area contributed by atoms with Gasteiger partial charge in [-0.2, -0.15) is 0 Å². The van der Waals surface area contributed by atoms with Crippen LogP contribution < -0.4 is 0 Å². The zero-order chi connectivity index (χ0) is 11.2. The molecular weight excluding hydrogens is 200 g/mol. The van der Waals surface area contributed by atoms with Gasteiger partial charge in [0, 0.05) is 19.5 Å². The Bertz CT molecular complexity index is 348. The molecule has 0 aromatic heterocycles. The Morgan fingerprint density at radius 2 is 2.00 bits per heavy atom. The summed E-state index contributed by atoms with van der Waals surface area (Å²) >= 11 is 0. The Morgan fingerprint density at radius 3 is 2.75 bits per heavy atom. The van der Waals surface area contributed by atoms with Crippen molar-refractivity contribution in [3.8, 4) is 0 Å². The van der Waals surface area contributed by atoms with Crippen LogP contribution in [-0.4, -0.2) is 29.0 Å². The smallest absolute Gasteiger partial charge is 0.144 e. The first kappa shape index (κ1) is 11.0. The van der Waals surface area contributed by atoms with Crippen LogP contribution in [0, 0.1) is 0 Å². The number of rotatable bonds is 3. The van der Waals surface area contributed by atoms with Crippen LogP contribution in [0.2, 0.25) is 0 Å². The van der Waals surface area contributed by atoms with Crippen molar-refractivity contribution in [2.24, 2.45) is 5.16 Å². The van der Waals surface area contributed by atoms with Crippen LogP contribution in [0.25, 0.3) is 0 Å². The number of benzene rings is 1. The number of oxime groups is 1. The van der Waals surface area contributed by atoms with Gasteiger partial charge in [0.25, 0.3) is 0 Å². The normalized spacial score (nSPS) is 19.0. The molecular formula is C13H18N2O. The second kappa shape index (κ2) is 5.54. The highest BCUT2D eigenvalue weighted by Gasteiger charge is 2.16. The quantitative estimate of drug-likeness (QED) is 0.625. The van der Waals surface area contributed by atoms with E-state index >= 15 is 0 Å². The van der Waals surface area contributed by atoms with Crippen LogP contribution in [0.3, 0.4) is 0 Å². The summed E-state index contributed by atoms with van der Waals surface area (Å²) in [5.41, 5.74) is 1.34. The fraction of sp³-hybridized carbons (Fsp3) is 0.462. The summed E-state index contributed by atoms with van der Waals surface area (Å²) in [7, 11) is 0. The highest BCUT2D eigenvalue weighted by Crippen LogP contribution is 2.12. The van der Waals surface area contributed by atoms with Gasteiger partial charge in [-0.1, -0.05) is 35.5 Å². The molecule has 0 atom stereocenters. The van der Waals surface area contributed by atoms with Gasteiger partial charge in [0.15, 0.2) is 0 Å². The lowest BCUT2D eigenvalue weighted by Gasteiger charge is -2.29. The van der Waals surface area contributed by atoms with Crippen molar-refractivity contribution >= 4 is 5.84 Å². The van der Waals surface area contributed by atoms with Crippen molar-refractivity contribution < 1.29 is 5.21 Å². The van der Waals surface area contributed by atoms with Gasteiger partial charge in [-0.15, -0.1) is 0 Å². The molecule has 0 spiro atoms. The van der Waals surface area contributed by atoms with Gasteiger partial charge >= 0.3 is 0 Å². The van der Waals surface area contributed by atoms with Gasteiger partial charge in [0.05, 0.1) is 0 Å². The molecule has 1 aromatic rings. The Kier molecular flexibility index (Phi) is 3.81. The number of hydrogen-bond donors (Lipinski definition) is 1. The van der Waals surface area contributed by atoms with E-state index in [0.717, 1.165) is 38.2 Å². The minimum atomic E-state index is 0.849. The lowest BCUT2D eigenvalue weighted by Crippen LogP contribution is -2.36. The average molecular weight is 218 g/mol. The number of amidine groups is 1. The predicted octanol–water partition coefficient (Wildman–Crippen LogP) is 2.50. The van der Waals surface area contributed by atoms with Gasteiger partial charge in [-0.3, -0.25) is 0 Å². The van der Waals surface area contributed by atoms with E-state index in [1.54, 1.807) is 0 Å². The summed E-state index contributed by atoms with van der Waals surface area (Å²) < 4.78 is 0. The number of hydrogen-bond acceptors (Lipinski definition) is 2. The maximum atomic E-state index is 8.90. The topological polar surface area (TPSA) is 35.8 Å². The van der Waals surface area contributed by atoms with Crippen molar-refractivity contribution in [1.82, 2.24) is 4.90 Å². The predicted molar refractivity (Wildman–Crippen MR) is 64.8 cm³/mol. The minimum Gasteiger partial charge on any atom is -0.409 e. The van der Waals surface area contributed by atoms with E-state index in [1.165, 1.54) is 12.0 Å². The number of likely N-dealkylation sites (tertiary alicyclic amines) is 1. The molecule has 16 heavy (non-hydrogen) atoms. The zero-order valence-electron chi connectivity index (χ0n) is 9.47. The summed E-state index contributed by atoms with van der Waals surface area (Å²) in [4.78, 5) is 2.19. The molecule has 3 nitrogen and oxygen atoms in total. The number of nitrogens with zero attached hydrogens (tertiary/aromatic N) is 2. The van der Waals surface area contributed by atoms with Crippen molar-refractivity contribution in [2.75, 3.05) is 13.1 Å². The first-order valence-electron chi connectivity index (χ1n) is 5.90. The minimum absolute atomic E-state index is 0.849. The van der Waals surface area contributed by atoms with E-state index in [0.29, 0.717) is 0 Å². The molecule has 1 aliphatic rings. The molecule has 1 aromatic carbocycles. The molecule has 0 bridgehead atoms. The maximum Gasteiger partial charge on any atom is 0.144 e. The fourth-order valence-corrected chi connectivity index (χ4v) is 2.14. The van der Waals surface area contributed by atoms with Crippen molar-refractivity contribution in [2.45, 2.75) is 25.7 Å². The van der Waals surface area contributed by atoms with Gasteiger partial charge in [-0.05, 0) is 24.8 Å². The molecule has 1 fully saturated rings. The van der Waals surface area contributed by atoms with Crippen LogP contribution in [0.5, 0.6) is 0 Å². The first-order chi connectivity index (χ1) is 7.90. The fourth-order valence-electron chi connectivity index (χ4n) is 2.14. The third-order valence-corrected chi connectivity index (χ3v) is 3.07. The molecule has 0 unspecified atom stereocenters. The third-order valence-electron chi connectivity index (χ3n) is 3.07. The van der Waals surface area contributed by atoms with Gasteiger partial charge < -0.3 is 10.1 Å². The number of piperidine rings is 1. The summed E-state index contributed by atoms with van der Waals surface area (Å²) in [6, 6.07) is 10.4. The molecule has 2 rings (SSSR count). The van der Waals surface area contributed by atoms with Crippen molar-refractivity contribution in [3.05, 3.63) is 35.9 Å². The lowest BCUT2D eigenvalue weighted by atomic mass is 10.1. The van der Waals surface area contributed by atoms with E-state index in [2.05, 4.69) is 34.3 Å². The molecule has 86 valence electrons. The SMILES string of the molecule is ON=C1CCCCN1CCc1ccccc1. The van der Waals surface area contributed by atoms with Gasteiger partial charge in [0.2, 0.25) is 0 Å². The molecule has 1 heterocycles. The van der Waals surface area contributed by atoms with E-state index in [4.69, 9.17) is 5.21 Å². The van der Waals surface area contributed by atoms with Gasteiger partial charge in [-0.25, -0.2) is 0 Å². The summed E-state index contributed by atoms with van der Waals surface area (Å²) in [5, 5.41) is 12.3. The molecule has 1 aliphatic heterocycles. The maximum absolute atomic E-state index is 8.90. The Morgan fingerprint density at radius 1 is 1.19 bits per heavy atom. The van der Waals surface area contributed by atoms with Gasteiger partial charge in [0.1, 0.15) is 5.84 Å². The molecule has 0 saturated carbocycles. The summed E-state index contributed by atoms with van der Waals surface area (Å²) in [5.74, 6) is 0.849. The van der Waals surface area contributed by atoms with E-state index < -0.39 is 0 Å². The summed E-state index contributed by atoms with van der Waals surface area (Å²) in [6.45, 7) is 1.97. The second-order valence-electron chi connectivity index (χ2n) is 4.20. The Balaban J connectivity index is 1.89. The Hall–Kier alpha value is -1.51. The van der Waals surface area contributed by atoms with Crippen molar-refractivity contribution in [1.29, 1.82) is 0 Å². The second-order valence-corrected chi connectivity index (χ2v) is 4.20. The zero-order valence-corrected chi connectivity index (χ0v) is 9.47. The monoisotopic (exact) mass is 218 g/mol. The van der Waals surface area contributed by atoms with Crippen LogP contribution in [0.15, 0.2) is 35.5 Å². The molecule has 1 saturated heterocycles. The van der Waals surface area contributed by atoms with Crippen LogP contribution in [-0.2, 0) is 6.42 Å². The largest absolute Gasteiger partial charge is 0.409 e. The van der Waals surface area contributed by atoms with E-state index in [9.17, 15) is 0 Å². The van der Waals surface area contributed by atoms with Crippen LogP contribution >= 0.6 is 0 Å². The average Bonchev–Trinajstić information content (AvgIpc) is 2.38. The molecule has 0 aliphatic carbocycles. The molecule has 0 amide bonds. The summed E-state index contributed by atoms with van der Waals surface area (Å²) in [6.07, 6.45) is 4.26.